The molecule has 0 heterocycles. The largest absolute Gasteiger partial charge is 0.462 e. The van der Waals surface area contributed by atoms with E-state index in [0.29, 0.717) is 18.8 Å². The quantitative estimate of drug-likeness (QED) is 0.555. The third-order valence-corrected chi connectivity index (χ3v) is 4.38. The van der Waals surface area contributed by atoms with E-state index in [1.54, 1.807) is 6.08 Å². The van der Waals surface area contributed by atoms with Gasteiger partial charge in [-0.2, -0.15) is 0 Å². The van der Waals surface area contributed by atoms with Crippen LogP contribution in [0.25, 0.3) is 0 Å². The molecule has 0 spiro atoms. The van der Waals surface area contributed by atoms with Gasteiger partial charge in [-0.05, 0) is 55.6 Å². The highest BCUT2D eigenvalue weighted by Crippen LogP contribution is 2.34. The van der Waals surface area contributed by atoms with Crippen LogP contribution in [0.5, 0.6) is 0 Å². The van der Waals surface area contributed by atoms with Gasteiger partial charge >= 0.3 is 5.97 Å². The molecule has 1 aromatic carbocycles. The highest BCUT2D eigenvalue weighted by Gasteiger charge is 2.24. The predicted octanol–water partition coefficient (Wildman–Crippen LogP) is 4.78. The summed E-state index contributed by atoms with van der Waals surface area (Å²) < 4.78 is 5.53. The van der Waals surface area contributed by atoms with Gasteiger partial charge in [-0.3, -0.25) is 4.79 Å². The summed E-state index contributed by atoms with van der Waals surface area (Å²) in [4.78, 5) is 11.6. The maximum absolute atomic E-state index is 11.6. The van der Waals surface area contributed by atoms with E-state index in [1.807, 2.05) is 0 Å². The lowest BCUT2D eigenvalue weighted by Gasteiger charge is -2.28. The Labute approximate surface area is 128 Å². The Morgan fingerprint density at radius 3 is 2.48 bits per heavy atom. The first-order valence-corrected chi connectivity index (χ1v) is 8.12. The van der Waals surface area contributed by atoms with Crippen molar-refractivity contribution < 1.29 is 9.53 Å². The van der Waals surface area contributed by atoms with Gasteiger partial charge in [0.1, 0.15) is 6.10 Å². The fourth-order valence-corrected chi connectivity index (χ4v) is 3.00. The monoisotopic (exact) mass is 286 g/mol. The average Bonchev–Trinajstić information content (AvgIpc) is 2.54. The number of hydrogen-bond acceptors (Lipinski definition) is 2. The summed E-state index contributed by atoms with van der Waals surface area (Å²) in [7, 11) is 0. The molecule has 2 heteroatoms. The van der Waals surface area contributed by atoms with Gasteiger partial charge in [-0.1, -0.05) is 37.3 Å². The molecule has 0 atom stereocenters. The van der Waals surface area contributed by atoms with E-state index in [4.69, 9.17) is 4.74 Å². The highest BCUT2D eigenvalue weighted by atomic mass is 16.5. The molecule has 0 amide bonds. The van der Waals surface area contributed by atoms with E-state index in [1.165, 1.54) is 11.1 Å². The summed E-state index contributed by atoms with van der Waals surface area (Å²) in [6.45, 7) is 5.81. The molecule has 21 heavy (non-hydrogen) atoms. The Morgan fingerprint density at radius 1 is 1.24 bits per heavy atom. The fourth-order valence-electron chi connectivity index (χ4n) is 3.00. The zero-order valence-corrected chi connectivity index (χ0v) is 13.0. The van der Waals surface area contributed by atoms with Crippen LogP contribution in [-0.4, -0.2) is 12.1 Å². The number of carbonyl (C=O) groups excluding carboxylic acids is 1. The van der Waals surface area contributed by atoms with Crippen LogP contribution in [0.15, 0.2) is 36.9 Å². The number of carbonyl (C=O) groups is 1. The van der Waals surface area contributed by atoms with Gasteiger partial charge in [-0.25, -0.2) is 0 Å². The molecule has 2 nitrogen and oxygen atoms in total. The summed E-state index contributed by atoms with van der Waals surface area (Å²) in [5.41, 5.74) is 2.83. The molecule has 0 saturated heterocycles. The number of benzene rings is 1. The van der Waals surface area contributed by atoms with Crippen molar-refractivity contribution in [1.82, 2.24) is 0 Å². The molecule has 2 rings (SSSR count). The van der Waals surface area contributed by atoms with Crippen LogP contribution in [0.1, 0.15) is 62.5 Å². The predicted molar refractivity (Wildman–Crippen MR) is 86.3 cm³/mol. The van der Waals surface area contributed by atoms with Crippen LogP contribution < -0.4 is 0 Å². The third-order valence-electron chi connectivity index (χ3n) is 4.38. The summed E-state index contributed by atoms with van der Waals surface area (Å²) >= 11 is 0. The second kappa shape index (κ2) is 8.02. The van der Waals surface area contributed by atoms with Gasteiger partial charge in [-0.15, -0.1) is 6.58 Å². The Kier molecular flexibility index (Phi) is 6.04. The molecular weight excluding hydrogens is 260 g/mol. The number of esters is 1. The Morgan fingerprint density at radius 2 is 1.90 bits per heavy atom. The van der Waals surface area contributed by atoms with Crippen LogP contribution >= 0.6 is 0 Å². The van der Waals surface area contributed by atoms with Crippen molar-refractivity contribution in [3.63, 3.8) is 0 Å². The van der Waals surface area contributed by atoms with E-state index >= 15 is 0 Å². The van der Waals surface area contributed by atoms with Gasteiger partial charge in [0.2, 0.25) is 0 Å². The Bertz CT molecular complexity index is 453. The first-order valence-electron chi connectivity index (χ1n) is 8.12. The van der Waals surface area contributed by atoms with Gasteiger partial charge in [0, 0.05) is 6.42 Å². The van der Waals surface area contributed by atoms with Gasteiger partial charge in [0.25, 0.3) is 0 Å². The SMILES string of the molecule is C=CCCC(=O)OC1CCC(c2ccc(CC)cc2)CC1. The third kappa shape index (κ3) is 4.73. The molecule has 0 bridgehead atoms. The Hall–Kier alpha value is -1.57. The minimum Gasteiger partial charge on any atom is -0.462 e. The smallest absolute Gasteiger partial charge is 0.306 e. The lowest BCUT2D eigenvalue weighted by Crippen LogP contribution is -2.23. The maximum atomic E-state index is 11.6. The van der Waals surface area contributed by atoms with Crippen LogP contribution in [0.3, 0.4) is 0 Å². The van der Waals surface area contributed by atoms with Gasteiger partial charge < -0.3 is 4.74 Å². The topological polar surface area (TPSA) is 26.3 Å². The minimum absolute atomic E-state index is 0.0781. The lowest BCUT2D eigenvalue weighted by atomic mass is 9.82. The molecular formula is C19H26O2. The molecule has 0 N–H and O–H groups in total. The van der Waals surface area contributed by atoms with Crippen LogP contribution in [0.2, 0.25) is 0 Å². The summed E-state index contributed by atoms with van der Waals surface area (Å²) in [6.07, 6.45) is 8.34. The molecule has 1 aliphatic rings. The number of ether oxygens (including phenoxy) is 1. The normalized spacial score (nSPS) is 21.8. The van der Waals surface area contributed by atoms with E-state index in [2.05, 4.69) is 37.8 Å². The van der Waals surface area contributed by atoms with E-state index in [-0.39, 0.29) is 12.1 Å². The molecule has 1 aromatic rings. The van der Waals surface area contributed by atoms with Crippen molar-refractivity contribution in [2.45, 2.75) is 63.9 Å². The zero-order chi connectivity index (χ0) is 15.1. The molecule has 1 saturated carbocycles. The van der Waals surface area contributed by atoms with Crippen LogP contribution in [0.4, 0.5) is 0 Å². The average molecular weight is 286 g/mol. The maximum Gasteiger partial charge on any atom is 0.306 e. The summed E-state index contributed by atoms with van der Waals surface area (Å²) in [5, 5.41) is 0. The van der Waals surface area contributed by atoms with Gasteiger partial charge in [0.15, 0.2) is 0 Å². The van der Waals surface area contributed by atoms with E-state index < -0.39 is 0 Å². The van der Waals surface area contributed by atoms with Crippen molar-refractivity contribution in [1.29, 1.82) is 0 Å². The number of aryl methyl sites for hydroxylation is 1. The standard InChI is InChI=1S/C19H26O2/c1-3-5-6-19(20)21-18-13-11-17(12-14-18)16-9-7-15(4-2)8-10-16/h3,7-10,17-18H,1,4-6,11-14H2,2H3. The molecule has 1 fully saturated rings. The first-order chi connectivity index (χ1) is 10.2. The van der Waals surface area contributed by atoms with Gasteiger partial charge in [0.05, 0.1) is 0 Å². The zero-order valence-electron chi connectivity index (χ0n) is 13.0. The minimum atomic E-state index is -0.0781. The second-order valence-corrected chi connectivity index (χ2v) is 5.89. The summed E-state index contributed by atoms with van der Waals surface area (Å²) in [6, 6.07) is 8.99. The van der Waals surface area contributed by atoms with E-state index in [9.17, 15) is 4.79 Å². The van der Waals surface area contributed by atoms with Crippen LogP contribution in [0, 0.1) is 0 Å². The fraction of sp³-hybridized carbons (Fsp3) is 0.526. The second-order valence-electron chi connectivity index (χ2n) is 5.89. The van der Waals surface area contributed by atoms with Crippen molar-refractivity contribution in [2.24, 2.45) is 0 Å². The number of hydrogen-bond donors (Lipinski definition) is 0. The first kappa shape index (κ1) is 15.8. The number of rotatable bonds is 6. The molecule has 0 unspecified atom stereocenters. The van der Waals surface area contributed by atoms with Crippen molar-refractivity contribution >= 4 is 5.97 Å². The molecule has 1 aliphatic carbocycles. The lowest BCUT2D eigenvalue weighted by molar-refractivity contribution is -0.150. The molecule has 0 aromatic heterocycles. The van der Waals surface area contributed by atoms with E-state index in [0.717, 1.165) is 32.1 Å². The van der Waals surface area contributed by atoms with Crippen molar-refractivity contribution in [3.8, 4) is 0 Å². The highest BCUT2D eigenvalue weighted by molar-refractivity contribution is 5.69. The van der Waals surface area contributed by atoms with Crippen molar-refractivity contribution in [2.75, 3.05) is 0 Å². The van der Waals surface area contributed by atoms with Crippen molar-refractivity contribution in [3.05, 3.63) is 48.0 Å². The molecule has 114 valence electrons. The Balaban J connectivity index is 1.79. The van der Waals surface area contributed by atoms with Crippen LogP contribution in [-0.2, 0) is 16.0 Å². The molecule has 0 radical (unpaired) electrons. The summed E-state index contributed by atoms with van der Waals surface area (Å²) in [5.74, 6) is 0.546. The molecule has 0 aliphatic heterocycles. The number of allylic oxidation sites excluding steroid dienone is 1.